The Morgan fingerprint density at radius 2 is 2.00 bits per heavy atom. The molecule has 0 aromatic heterocycles. The zero-order valence-corrected chi connectivity index (χ0v) is 10.5. The monoisotopic (exact) mass is 251 g/mol. The van der Waals surface area contributed by atoms with Crippen molar-refractivity contribution in [3.8, 4) is 0 Å². The molecule has 1 heterocycles. The SMILES string of the molecule is C=C/C=C\C(=C/N)C(O)C(N)C(=O)N1CCCC1. The molecular formula is C13H21N3O2. The van der Waals surface area contributed by atoms with E-state index in [9.17, 15) is 9.90 Å². The standard InChI is InChI=1S/C13H21N3O2/c1-2-3-6-10(9-14)12(17)11(15)13(18)16-7-4-5-8-16/h2-3,6,9,11-12,17H,1,4-5,7-8,14-15H2/b6-3-,10-9+. The second-order valence-electron chi connectivity index (χ2n) is 4.26. The first-order chi connectivity index (χ1) is 8.61. The van der Waals surface area contributed by atoms with E-state index in [1.54, 1.807) is 23.1 Å². The van der Waals surface area contributed by atoms with Gasteiger partial charge < -0.3 is 21.5 Å². The molecule has 0 aliphatic carbocycles. The number of hydrogen-bond acceptors (Lipinski definition) is 4. The van der Waals surface area contributed by atoms with Crippen molar-refractivity contribution in [3.05, 3.63) is 36.6 Å². The number of aliphatic hydroxyl groups excluding tert-OH is 1. The van der Waals surface area contributed by atoms with Crippen LogP contribution in [0, 0.1) is 0 Å². The number of amides is 1. The second-order valence-corrected chi connectivity index (χ2v) is 4.26. The summed E-state index contributed by atoms with van der Waals surface area (Å²) in [4.78, 5) is 13.7. The van der Waals surface area contributed by atoms with Crippen molar-refractivity contribution in [2.75, 3.05) is 13.1 Å². The van der Waals surface area contributed by atoms with Crippen LogP contribution in [-0.4, -0.2) is 41.1 Å². The molecule has 2 atom stereocenters. The third-order valence-electron chi connectivity index (χ3n) is 3.00. The summed E-state index contributed by atoms with van der Waals surface area (Å²) in [6, 6.07) is -0.979. The number of aliphatic hydroxyl groups is 1. The zero-order valence-electron chi connectivity index (χ0n) is 10.5. The van der Waals surface area contributed by atoms with Crippen LogP contribution in [0.2, 0.25) is 0 Å². The van der Waals surface area contributed by atoms with Gasteiger partial charge in [0.1, 0.15) is 12.1 Å². The Kier molecular flexibility index (Phi) is 5.61. The summed E-state index contributed by atoms with van der Waals surface area (Å²) in [6.07, 6.45) is 6.92. The van der Waals surface area contributed by atoms with E-state index in [2.05, 4.69) is 6.58 Å². The molecule has 0 bridgehead atoms. The van der Waals surface area contributed by atoms with Gasteiger partial charge in [-0.25, -0.2) is 0 Å². The first-order valence-electron chi connectivity index (χ1n) is 6.05. The third kappa shape index (κ3) is 3.45. The Hall–Kier alpha value is -1.59. The lowest BCUT2D eigenvalue weighted by Crippen LogP contribution is -2.49. The van der Waals surface area contributed by atoms with Crippen LogP contribution in [-0.2, 0) is 4.79 Å². The molecule has 0 radical (unpaired) electrons. The number of hydrogen-bond donors (Lipinski definition) is 3. The van der Waals surface area contributed by atoms with Gasteiger partial charge in [-0.3, -0.25) is 4.79 Å². The fraction of sp³-hybridized carbons (Fsp3) is 0.462. The lowest BCUT2D eigenvalue weighted by molar-refractivity contribution is -0.133. The van der Waals surface area contributed by atoms with Gasteiger partial charge in [0, 0.05) is 13.1 Å². The summed E-state index contributed by atoms with van der Waals surface area (Å²) in [5.74, 6) is -0.230. The summed E-state index contributed by atoms with van der Waals surface area (Å²) in [6.45, 7) is 4.95. The van der Waals surface area contributed by atoms with Crippen LogP contribution in [0.3, 0.4) is 0 Å². The van der Waals surface area contributed by atoms with E-state index in [1.165, 1.54) is 6.20 Å². The lowest BCUT2D eigenvalue weighted by atomic mass is 10.0. The van der Waals surface area contributed by atoms with Crippen LogP contribution in [0.5, 0.6) is 0 Å². The molecule has 100 valence electrons. The predicted octanol–water partition coefficient (Wildman–Crippen LogP) is -0.118. The van der Waals surface area contributed by atoms with Crippen molar-refractivity contribution in [2.24, 2.45) is 11.5 Å². The van der Waals surface area contributed by atoms with E-state index in [0.29, 0.717) is 18.7 Å². The average molecular weight is 251 g/mol. The number of nitrogens with zero attached hydrogens (tertiary/aromatic N) is 1. The number of likely N-dealkylation sites (tertiary alicyclic amines) is 1. The molecular weight excluding hydrogens is 230 g/mol. The van der Waals surface area contributed by atoms with Gasteiger partial charge in [-0.1, -0.05) is 24.8 Å². The second kappa shape index (κ2) is 6.98. The number of carbonyl (C=O) groups excluding carboxylic acids is 1. The van der Waals surface area contributed by atoms with Gasteiger partial charge in [0.25, 0.3) is 0 Å². The number of allylic oxidation sites excluding steroid dienone is 2. The Morgan fingerprint density at radius 1 is 1.39 bits per heavy atom. The highest BCUT2D eigenvalue weighted by atomic mass is 16.3. The predicted molar refractivity (Wildman–Crippen MR) is 71.4 cm³/mol. The minimum absolute atomic E-state index is 0.230. The van der Waals surface area contributed by atoms with Gasteiger partial charge >= 0.3 is 0 Å². The van der Waals surface area contributed by atoms with E-state index in [-0.39, 0.29) is 5.91 Å². The minimum Gasteiger partial charge on any atom is -0.404 e. The third-order valence-corrected chi connectivity index (χ3v) is 3.00. The molecule has 0 spiro atoms. The molecule has 5 heteroatoms. The highest BCUT2D eigenvalue weighted by molar-refractivity contribution is 5.83. The average Bonchev–Trinajstić information content (AvgIpc) is 2.91. The molecule has 0 aromatic rings. The normalized spacial score (nSPS) is 20.1. The van der Waals surface area contributed by atoms with Crippen molar-refractivity contribution in [2.45, 2.75) is 25.0 Å². The molecule has 5 N–H and O–H groups in total. The van der Waals surface area contributed by atoms with Crippen molar-refractivity contribution in [1.29, 1.82) is 0 Å². The topological polar surface area (TPSA) is 92.6 Å². The molecule has 1 rings (SSSR count). The van der Waals surface area contributed by atoms with Crippen molar-refractivity contribution < 1.29 is 9.90 Å². The van der Waals surface area contributed by atoms with Gasteiger partial charge in [-0.15, -0.1) is 0 Å². The number of carbonyl (C=O) groups is 1. The van der Waals surface area contributed by atoms with Crippen LogP contribution >= 0.6 is 0 Å². The molecule has 1 amide bonds. The molecule has 1 fully saturated rings. The molecule has 1 aliphatic heterocycles. The zero-order chi connectivity index (χ0) is 13.5. The van der Waals surface area contributed by atoms with Gasteiger partial charge in [-0.2, -0.15) is 0 Å². The van der Waals surface area contributed by atoms with Gasteiger partial charge in [-0.05, 0) is 24.6 Å². The number of rotatable bonds is 5. The molecule has 0 saturated carbocycles. The minimum atomic E-state index is -1.10. The summed E-state index contributed by atoms with van der Waals surface area (Å²) in [7, 11) is 0. The Bertz CT molecular complexity index is 357. The van der Waals surface area contributed by atoms with Crippen LogP contribution in [0.25, 0.3) is 0 Å². The Morgan fingerprint density at radius 3 is 2.50 bits per heavy atom. The van der Waals surface area contributed by atoms with E-state index in [1.807, 2.05) is 0 Å². The molecule has 1 aliphatic rings. The summed E-state index contributed by atoms with van der Waals surface area (Å²) < 4.78 is 0. The summed E-state index contributed by atoms with van der Waals surface area (Å²) in [5, 5.41) is 10.0. The summed E-state index contributed by atoms with van der Waals surface area (Å²) >= 11 is 0. The first-order valence-corrected chi connectivity index (χ1v) is 6.05. The van der Waals surface area contributed by atoms with Crippen molar-refractivity contribution in [3.63, 3.8) is 0 Å². The maximum absolute atomic E-state index is 12.0. The largest absolute Gasteiger partial charge is 0.404 e. The van der Waals surface area contributed by atoms with Crippen LogP contribution < -0.4 is 11.5 Å². The molecule has 0 aromatic carbocycles. The van der Waals surface area contributed by atoms with Gasteiger partial charge in [0.2, 0.25) is 5.91 Å². The van der Waals surface area contributed by atoms with Crippen LogP contribution in [0.15, 0.2) is 36.6 Å². The maximum Gasteiger partial charge on any atom is 0.242 e. The van der Waals surface area contributed by atoms with Gasteiger partial charge in [0.15, 0.2) is 0 Å². The fourth-order valence-electron chi connectivity index (χ4n) is 1.92. The maximum atomic E-state index is 12.0. The number of nitrogens with two attached hydrogens (primary N) is 2. The van der Waals surface area contributed by atoms with Crippen molar-refractivity contribution >= 4 is 5.91 Å². The van der Waals surface area contributed by atoms with Crippen molar-refractivity contribution in [1.82, 2.24) is 4.90 Å². The van der Waals surface area contributed by atoms with Gasteiger partial charge in [0.05, 0.1) is 0 Å². The van der Waals surface area contributed by atoms with Crippen LogP contribution in [0.1, 0.15) is 12.8 Å². The highest BCUT2D eigenvalue weighted by Crippen LogP contribution is 2.13. The molecule has 2 unspecified atom stereocenters. The molecule has 18 heavy (non-hydrogen) atoms. The van der Waals surface area contributed by atoms with E-state index in [0.717, 1.165) is 12.8 Å². The smallest absolute Gasteiger partial charge is 0.242 e. The molecule has 1 saturated heterocycles. The lowest BCUT2D eigenvalue weighted by Gasteiger charge is -2.24. The fourth-order valence-corrected chi connectivity index (χ4v) is 1.92. The molecule has 5 nitrogen and oxygen atoms in total. The quantitative estimate of drug-likeness (QED) is 0.594. The first kappa shape index (κ1) is 14.5. The summed E-state index contributed by atoms with van der Waals surface area (Å²) in [5.41, 5.74) is 11.6. The van der Waals surface area contributed by atoms with E-state index < -0.39 is 12.1 Å². The highest BCUT2D eigenvalue weighted by Gasteiger charge is 2.29. The van der Waals surface area contributed by atoms with Crippen LogP contribution in [0.4, 0.5) is 0 Å². The van der Waals surface area contributed by atoms with E-state index >= 15 is 0 Å². The Balaban J connectivity index is 2.69. The Labute approximate surface area is 107 Å². The van der Waals surface area contributed by atoms with E-state index in [4.69, 9.17) is 11.5 Å².